The summed E-state index contributed by atoms with van der Waals surface area (Å²) in [6, 6.07) is 16.1. The molecule has 1 atom stereocenters. The van der Waals surface area contributed by atoms with Crippen LogP contribution in [0.3, 0.4) is 0 Å². The van der Waals surface area contributed by atoms with Crippen molar-refractivity contribution in [1.82, 2.24) is 4.90 Å². The number of piperazine rings is 1. The van der Waals surface area contributed by atoms with E-state index in [-0.39, 0.29) is 11.3 Å². The summed E-state index contributed by atoms with van der Waals surface area (Å²) < 4.78 is 5.28. The molecule has 2 aliphatic rings. The molecule has 0 aliphatic carbocycles. The minimum atomic E-state index is -0.707. The number of aliphatic hydroxyl groups excluding tert-OH is 1. The number of carbonyl (C=O) groups excluding carboxylic acids is 2. The average Bonchev–Trinajstić information content (AvgIpc) is 3.51. The first-order chi connectivity index (χ1) is 17.4. The van der Waals surface area contributed by atoms with Crippen LogP contribution >= 0.6 is 11.3 Å². The fraction of sp³-hybridized carbons (Fsp3) is 0.286. The number of aryl methyl sites for hydroxylation is 1. The first-order valence-electron chi connectivity index (χ1n) is 11.9. The lowest BCUT2D eigenvalue weighted by Gasteiger charge is -2.34. The van der Waals surface area contributed by atoms with Gasteiger partial charge in [0.05, 0.1) is 12.7 Å². The molecule has 0 radical (unpaired) electrons. The molecule has 2 aromatic carbocycles. The molecule has 2 saturated heterocycles. The van der Waals surface area contributed by atoms with Crippen LogP contribution in [0.15, 0.2) is 65.6 Å². The highest BCUT2D eigenvalue weighted by atomic mass is 32.1. The minimum Gasteiger partial charge on any atom is -0.507 e. The number of nitrogens with zero attached hydrogens (tertiary/aromatic N) is 3. The molecule has 3 heterocycles. The van der Waals surface area contributed by atoms with Gasteiger partial charge in [0.1, 0.15) is 17.6 Å². The summed E-state index contributed by atoms with van der Waals surface area (Å²) in [6.07, 6.45) is 0. The number of benzene rings is 2. The number of likely N-dealkylation sites (N-methyl/N-ethyl adjacent to an activating group) is 1. The Morgan fingerprint density at radius 1 is 1.00 bits per heavy atom. The number of carbonyl (C=O) groups is 2. The van der Waals surface area contributed by atoms with Crippen LogP contribution in [0.2, 0.25) is 0 Å². The van der Waals surface area contributed by atoms with Crippen LogP contribution in [0.5, 0.6) is 5.75 Å². The second kappa shape index (κ2) is 9.79. The Balaban J connectivity index is 1.55. The fourth-order valence-electron chi connectivity index (χ4n) is 4.88. The molecule has 7 nitrogen and oxygen atoms in total. The van der Waals surface area contributed by atoms with Crippen molar-refractivity contribution in [2.75, 3.05) is 50.1 Å². The number of ether oxygens (including phenoxy) is 1. The molecule has 186 valence electrons. The van der Waals surface area contributed by atoms with Crippen molar-refractivity contribution < 1.29 is 19.4 Å². The monoisotopic (exact) mass is 503 g/mol. The van der Waals surface area contributed by atoms with E-state index in [4.69, 9.17) is 4.74 Å². The number of thiophene rings is 1. The summed E-state index contributed by atoms with van der Waals surface area (Å²) in [6.45, 7) is 5.72. The maximum atomic E-state index is 13.4. The van der Waals surface area contributed by atoms with Crippen molar-refractivity contribution in [2.45, 2.75) is 13.0 Å². The third kappa shape index (κ3) is 4.27. The van der Waals surface area contributed by atoms with Crippen LogP contribution in [0, 0.1) is 6.92 Å². The van der Waals surface area contributed by atoms with Gasteiger partial charge < -0.3 is 19.6 Å². The van der Waals surface area contributed by atoms with Gasteiger partial charge in [-0.05, 0) is 73.4 Å². The zero-order valence-corrected chi connectivity index (χ0v) is 21.4. The summed E-state index contributed by atoms with van der Waals surface area (Å²) in [5, 5.41) is 13.3. The van der Waals surface area contributed by atoms with Crippen LogP contribution in [0.25, 0.3) is 5.76 Å². The summed E-state index contributed by atoms with van der Waals surface area (Å²) in [5.74, 6) is -0.860. The summed E-state index contributed by atoms with van der Waals surface area (Å²) in [4.78, 5) is 33.7. The molecule has 0 spiro atoms. The van der Waals surface area contributed by atoms with Crippen LogP contribution in [-0.4, -0.2) is 62.0 Å². The normalized spacial score (nSPS) is 20.2. The van der Waals surface area contributed by atoms with E-state index in [1.807, 2.05) is 48.7 Å². The Bertz CT molecular complexity index is 1310. The zero-order valence-electron chi connectivity index (χ0n) is 20.6. The Labute approximate surface area is 214 Å². The summed E-state index contributed by atoms with van der Waals surface area (Å²) >= 11 is 1.45. The van der Waals surface area contributed by atoms with Gasteiger partial charge in [0.25, 0.3) is 11.7 Å². The average molecular weight is 504 g/mol. The van der Waals surface area contributed by atoms with Gasteiger partial charge in [-0.2, -0.15) is 0 Å². The van der Waals surface area contributed by atoms with Crippen LogP contribution in [-0.2, 0) is 9.59 Å². The molecule has 36 heavy (non-hydrogen) atoms. The number of hydrogen-bond acceptors (Lipinski definition) is 7. The number of ketones is 1. The largest absolute Gasteiger partial charge is 0.507 e. The SMILES string of the molecule is COc1ccc(/C(O)=C2/C(=O)C(=O)N(c3ccc(N4CCN(C)CC4)cc3)C2c2cccs2)c(C)c1. The second-order valence-electron chi connectivity index (χ2n) is 9.17. The van der Waals surface area contributed by atoms with E-state index in [0.717, 1.165) is 42.3 Å². The maximum Gasteiger partial charge on any atom is 0.300 e. The summed E-state index contributed by atoms with van der Waals surface area (Å²) in [7, 11) is 3.70. The Kier molecular flexibility index (Phi) is 6.55. The third-order valence-corrected chi connectivity index (χ3v) is 7.87. The lowest BCUT2D eigenvalue weighted by Crippen LogP contribution is -2.44. The number of aliphatic hydroxyl groups is 1. The number of rotatable bonds is 5. The predicted molar refractivity (Wildman–Crippen MR) is 143 cm³/mol. The molecule has 5 rings (SSSR count). The van der Waals surface area contributed by atoms with Gasteiger partial charge in [0.2, 0.25) is 0 Å². The van der Waals surface area contributed by atoms with Gasteiger partial charge in [-0.15, -0.1) is 11.3 Å². The van der Waals surface area contributed by atoms with E-state index in [9.17, 15) is 14.7 Å². The van der Waals surface area contributed by atoms with Gasteiger partial charge in [0.15, 0.2) is 0 Å². The molecule has 1 amide bonds. The molecule has 2 aliphatic heterocycles. The fourth-order valence-corrected chi connectivity index (χ4v) is 5.70. The molecule has 8 heteroatoms. The van der Waals surface area contributed by atoms with Gasteiger partial charge in [0, 0.05) is 48.0 Å². The van der Waals surface area contributed by atoms with Crippen molar-refractivity contribution >= 4 is 40.2 Å². The van der Waals surface area contributed by atoms with E-state index in [2.05, 4.69) is 16.8 Å². The Morgan fingerprint density at radius 2 is 1.69 bits per heavy atom. The van der Waals surface area contributed by atoms with E-state index in [1.54, 1.807) is 25.3 Å². The van der Waals surface area contributed by atoms with E-state index in [0.29, 0.717) is 17.0 Å². The quantitative estimate of drug-likeness (QED) is 0.315. The second-order valence-corrected chi connectivity index (χ2v) is 10.2. The first-order valence-corrected chi connectivity index (χ1v) is 12.8. The highest BCUT2D eigenvalue weighted by molar-refractivity contribution is 7.10. The number of anilines is 2. The topological polar surface area (TPSA) is 73.3 Å². The predicted octanol–water partition coefficient (Wildman–Crippen LogP) is 4.44. The molecule has 1 N–H and O–H groups in total. The first kappa shape index (κ1) is 24.1. The highest BCUT2D eigenvalue weighted by Crippen LogP contribution is 2.44. The smallest absolute Gasteiger partial charge is 0.300 e. The van der Waals surface area contributed by atoms with Gasteiger partial charge in [-0.3, -0.25) is 14.5 Å². The molecule has 3 aromatic rings. The van der Waals surface area contributed by atoms with Gasteiger partial charge in [-0.1, -0.05) is 6.07 Å². The van der Waals surface area contributed by atoms with Crippen LogP contribution < -0.4 is 14.5 Å². The third-order valence-electron chi connectivity index (χ3n) is 6.94. The lowest BCUT2D eigenvalue weighted by molar-refractivity contribution is -0.132. The molecule has 0 bridgehead atoms. The number of Topliss-reactive ketones (excluding diaryl/α,β-unsaturated/α-hetero) is 1. The number of amides is 1. The molecule has 1 aromatic heterocycles. The van der Waals surface area contributed by atoms with E-state index < -0.39 is 17.7 Å². The van der Waals surface area contributed by atoms with Crippen molar-refractivity contribution in [3.8, 4) is 5.75 Å². The van der Waals surface area contributed by atoms with E-state index in [1.165, 1.54) is 16.2 Å². The van der Waals surface area contributed by atoms with Crippen molar-refractivity contribution in [3.05, 3.63) is 81.6 Å². The van der Waals surface area contributed by atoms with Gasteiger partial charge in [-0.25, -0.2) is 0 Å². The number of hydrogen-bond donors (Lipinski definition) is 1. The Morgan fingerprint density at radius 3 is 2.31 bits per heavy atom. The molecule has 2 fully saturated rings. The van der Waals surface area contributed by atoms with Crippen molar-refractivity contribution in [3.63, 3.8) is 0 Å². The molecular weight excluding hydrogens is 474 g/mol. The maximum absolute atomic E-state index is 13.4. The molecule has 1 unspecified atom stereocenters. The van der Waals surface area contributed by atoms with Crippen molar-refractivity contribution in [2.24, 2.45) is 0 Å². The molecular formula is C28H29N3O4S. The molecule has 0 saturated carbocycles. The van der Waals surface area contributed by atoms with Gasteiger partial charge >= 0.3 is 0 Å². The van der Waals surface area contributed by atoms with Crippen LogP contribution in [0.4, 0.5) is 11.4 Å². The standard InChI is InChI=1S/C28H29N3O4S/c1-18-17-21(35-3)10-11-22(18)26(32)24-25(23-5-4-16-36-23)31(28(34)27(24)33)20-8-6-19(7-9-20)30-14-12-29(2)13-15-30/h4-11,16-17,25,32H,12-15H2,1-3H3/b26-24-. The van der Waals surface area contributed by atoms with Crippen molar-refractivity contribution in [1.29, 1.82) is 0 Å². The minimum absolute atomic E-state index is 0.0962. The summed E-state index contributed by atoms with van der Waals surface area (Å²) in [5.41, 5.74) is 3.06. The Hall–Kier alpha value is -3.62. The zero-order chi connectivity index (χ0) is 25.4. The highest BCUT2D eigenvalue weighted by Gasteiger charge is 2.47. The van der Waals surface area contributed by atoms with Crippen LogP contribution in [0.1, 0.15) is 22.0 Å². The number of methoxy groups -OCH3 is 1. The lowest BCUT2D eigenvalue weighted by atomic mass is 9.97. The van der Waals surface area contributed by atoms with E-state index >= 15 is 0 Å².